The smallest absolute Gasteiger partial charge is 0.271 e. The number of non-ortho nitro benzene ring substituents is 1. The molecule has 0 atom stereocenters. The SMILES string of the molecule is Cc1ccc([N+](=O)[O-])cc1NC(=O)CCc1ccc(S(=O)(=O)NCC(C)C)cc1. The van der Waals surface area contributed by atoms with Gasteiger partial charge in [0.1, 0.15) is 0 Å². The van der Waals surface area contributed by atoms with Gasteiger partial charge in [-0.05, 0) is 42.5 Å². The first-order valence-corrected chi connectivity index (χ1v) is 10.7. The summed E-state index contributed by atoms with van der Waals surface area (Å²) in [5, 5.41) is 13.6. The minimum absolute atomic E-state index is 0.0891. The number of nitro benzene ring substituents is 1. The zero-order chi connectivity index (χ0) is 21.6. The van der Waals surface area contributed by atoms with Crippen molar-refractivity contribution in [3.05, 3.63) is 63.7 Å². The van der Waals surface area contributed by atoms with Gasteiger partial charge in [0, 0.05) is 25.1 Å². The Bertz CT molecular complexity index is 986. The maximum Gasteiger partial charge on any atom is 0.271 e. The lowest BCUT2D eigenvalue weighted by molar-refractivity contribution is -0.384. The zero-order valence-electron chi connectivity index (χ0n) is 16.6. The number of carbonyl (C=O) groups excluding carboxylic acids is 1. The van der Waals surface area contributed by atoms with Crippen molar-refractivity contribution in [1.29, 1.82) is 0 Å². The maximum atomic E-state index is 12.2. The summed E-state index contributed by atoms with van der Waals surface area (Å²) in [5.41, 5.74) is 1.86. The molecule has 0 aromatic heterocycles. The molecule has 9 heteroatoms. The minimum atomic E-state index is -3.54. The summed E-state index contributed by atoms with van der Waals surface area (Å²) in [4.78, 5) is 22.8. The van der Waals surface area contributed by atoms with Gasteiger partial charge >= 0.3 is 0 Å². The van der Waals surface area contributed by atoms with Gasteiger partial charge in [-0.25, -0.2) is 13.1 Å². The molecule has 0 unspecified atom stereocenters. The summed E-state index contributed by atoms with van der Waals surface area (Å²) < 4.78 is 27.0. The number of amides is 1. The lowest BCUT2D eigenvalue weighted by Crippen LogP contribution is -2.27. The summed E-state index contributed by atoms with van der Waals surface area (Å²) in [6.45, 7) is 5.96. The predicted molar refractivity (Wildman–Crippen MR) is 111 cm³/mol. The van der Waals surface area contributed by atoms with Crippen LogP contribution in [0.4, 0.5) is 11.4 Å². The van der Waals surface area contributed by atoms with Gasteiger partial charge in [-0.3, -0.25) is 14.9 Å². The molecule has 0 saturated carbocycles. The highest BCUT2D eigenvalue weighted by Crippen LogP contribution is 2.22. The van der Waals surface area contributed by atoms with Crippen LogP contribution in [0.5, 0.6) is 0 Å². The van der Waals surface area contributed by atoms with E-state index in [4.69, 9.17) is 0 Å². The fourth-order valence-electron chi connectivity index (χ4n) is 2.52. The number of hydrogen-bond acceptors (Lipinski definition) is 5. The Morgan fingerprint density at radius 3 is 2.38 bits per heavy atom. The first-order valence-electron chi connectivity index (χ1n) is 9.22. The second kappa shape index (κ2) is 9.62. The van der Waals surface area contributed by atoms with Gasteiger partial charge in [0.2, 0.25) is 15.9 Å². The van der Waals surface area contributed by atoms with E-state index < -0.39 is 14.9 Å². The van der Waals surface area contributed by atoms with Crippen molar-refractivity contribution < 1.29 is 18.1 Å². The number of hydrogen-bond donors (Lipinski definition) is 2. The maximum absolute atomic E-state index is 12.2. The van der Waals surface area contributed by atoms with Crippen LogP contribution in [0.25, 0.3) is 0 Å². The summed E-state index contributed by atoms with van der Waals surface area (Å²) in [7, 11) is -3.54. The fourth-order valence-corrected chi connectivity index (χ4v) is 3.74. The van der Waals surface area contributed by atoms with Gasteiger partial charge in [0.25, 0.3) is 5.69 Å². The molecular formula is C20H25N3O5S. The van der Waals surface area contributed by atoms with Gasteiger partial charge in [0.15, 0.2) is 0 Å². The number of nitrogens with zero attached hydrogens (tertiary/aromatic N) is 1. The largest absolute Gasteiger partial charge is 0.326 e. The standard InChI is InChI=1S/C20H25N3O5S/c1-14(2)13-21-29(27,28)18-9-5-16(6-10-18)7-11-20(24)22-19-12-17(23(25)26)8-4-15(19)3/h4-6,8-10,12,14,21H,7,11,13H2,1-3H3,(H,22,24). The molecule has 2 N–H and O–H groups in total. The number of rotatable bonds is 9. The zero-order valence-corrected chi connectivity index (χ0v) is 17.5. The Balaban J connectivity index is 1.96. The molecule has 0 aliphatic carbocycles. The molecule has 2 aromatic rings. The van der Waals surface area contributed by atoms with Crippen LogP contribution in [0.1, 0.15) is 31.4 Å². The number of aryl methyl sites for hydroxylation is 2. The van der Waals surface area contributed by atoms with Gasteiger partial charge in [-0.2, -0.15) is 0 Å². The first kappa shape index (κ1) is 22.5. The van der Waals surface area contributed by atoms with E-state index in [9.17, 15) is 23.3 Å². The van der Waals surface area contributed by atoms with Crippen molar-refractivity contribution in [2.45, 2.75) is 38.5 Å². The third kappa shape index (κ3) is 6.65. The van der Waals surface area contributed by atoms with E-state index in [0.29, 0.717) is 18.7 Å². The Morgan fingerprint density at radius 1 is 1.14 bits per heavy atom. The molecule has 0 radical (unpaired) electrons. The van der Waals surface area contributed by atoms with Crippen LogP contribution < -0.4 is 10.0 Å². The molecule has 8 nitrogen and oxygen atoms in total. The van der Waals surface area contributed by atoms with Crippen LogP contribution in [0.3, 0.4) is 0 Å². The quantitative estimate of drug-likeness (QED) is 0.477. The highest BCUT2D eigenvalue weighted by Gasteiger charge is 2.14. The van der Waals surface area contributed by atoms with E-state index in [2.05, 4.69) is 10.0 Å². The van der Waals surface area contributed by atoms with E-state index in [1.807, 2.05) is 13.8 Å². The molecule has 0 aliphatic rings. The third-order valence-electron chi connectivity index (χ3n) is 4.26. The number of benzene rings is 2. The van der Waals surface area contributed by atoms with Crippen molar-refractivity contribution in [3.63, 3.8) is 0 Å². The minimum Gasteiger partial charge on any atom is -0.326 e. The second-order valence-electron chi connectivity index (χ2n) is 7.19. The third-order valence-corrected chi connectivity index (χ3v) is 5.70. The van der Waals surface area contributed by atoms with Crippen LogP contribution in [0.15, 0.2) is 47.4 Å². The molecule has 0 saturated heterocycles. The van der Waals surface area contributed by atoms with Crippen LogP contribution in [0.2, 0.25) is 0 Å². The normalized spacial score (nSPS) is 11.4. The number of nitro groups is 1. The summed E-state index contributed by atoms with van der Waals surface area (Å²) >= 11 is 0. The Hall–Kier alpha value is -2.78. The van der Waals surface area contributed by atoms with Crippen molar-refractivity contribution in [1.82, 2.24) is 4.72 Å². The van der Waals surface area contributed by atoms with Gasteiger partial charge in [-0.1, -0.05) is 32.0 Å². The number of carbonyl (C=O) groups is 1. The molecule has 0 fully saturated rings. The predicted octanol–water partition coefficient (Wildman–Crippen LogP) is 3.41. The lowest BCUT2D eigenvalue weighted by atomic mass is 10.1. The summed E-state index contributed by atoms with van der Waals surface area (Å²) in [6, 6.07) is 10.7. The van der Waals surface area contributed by atoms with Gasteiger partial charge in [-0.15, -0.1) is 0 Å². The molecule has 0 heterocycles. The first-order chi connectivity index (χ1) is 13.6. The number of sulfonamides is 1. The molecule has 0 bridgehead atoms. The van der Waals surface area contributed by atoms with Crippen molar-refractivity contribution in [2.75, 3.05) is 11.9 Å². The Labute approximate surface area is 170 Å². The van der Waals surface area contributed by atoms with E-state index in [1.54, 1.807) is 25.1 Å². The van der Waals surface area contributed by atoms with E-state index >= 15 is 0 Å². The Kier molecular flexibility index (Phi) is 7.46. The monoisotopic (exact) mass is 419 g/mol. The van der Waals surface area contributed by atoms with Gasteiger partial charge < -0.3 is 5.32 Å². The summed E-state index contributed by atoms with van der Waals surface area (Å²) in [6.07, 6.45) is 0.583. The van der Waals surface area contributed by atoms with E-state index in [1.165, 1.54) is 24.3 Å². The molecule has 156 valence electrons. The van der Waals surface area contributed by atoms with Crippen molar-refractivity contribution in [2.24, 2.45) is 5.92 Å². The van der Waals surface area contributed by atoms with Crippen LogP contribution >= 0.6 is 0 Å². The highest BCUT2D eigenvalue weighted by atomic mass is 32.2. The molecule has 1 amide bonds. The average Bonchev–Trinajstić information content (AvgIpc) is 2.67. The lowest BCUT2D eigenvalue weighted by Gasteiger charge is -2.10. The number of nitrogens with one attached hydrogen (secondary N) is 2. The molecular weight excluding hydrogens is 394 g/mol. The van der Waals surface area contributed by atoms with Crippen LogP contribution in [0, 0.1) is 23.0 Å². The van der Waals surface area contributed by atoms with Gasteiger partial charge in [0.05, 0.1) is 15.5 Å². The van der Waals surface area contributed by atoms with Crippen LogP contribution in [-0.2, 0) is 21.2 Å². The molecule has 0 spiro atoms. The fraction of sp³-hybridized carbons (Fsp3) is 0.350. The second-order valence-corrected chi connectivity index (χ2v) is 8.96. The Morgan fingerprint density at radius 2 is 1.79 bits per heavy atom. The topological polar surface area (TPSA) is 118 Å². The highest BCUT2D eigenvalue weighted by molar-refractivity contribution is 7.89. The molecule has 29 heavy (non-hydrogen) atoms. The molecule has 2 rings (SSSR count). The van der Waals surface area contributed by atoms with Crippen molar-refractivity contribution >= 4 is 27.3 Å². The average molecular weight is 420 g/mol. The van der Waals surface area contributed by atoms with Crippen LogP contribution in [-0.4, -0.2) is 25.8 Å². The molecule has 2 aromatic carbocycles. The summed E-state index contributed by atoms with van der Waals surface area (Å²) in [5.74, 6) is -0.0684. The van der Waals surface area contributed by atoms with E-state index in [0.717, 1.165) is 11.1 Å². The molecule has 0 aliphatic heterocycles. The van der Waals surface area contributed by atoms with E-state index in [-0.39, 0.29) is 28.8 Å². The van der Waals surface area contributed by atoms with Crippen molar-refractivity contribution in [3.8, 4) is 0 Å². The number of anilines is 1.